The van der Waals surface area contributed by atoms with Gasteiger partial charge in [-0.1, -0.05) is 36.0 Å². The van der Waals surface area contributed by atoms with E-state index in [9.17, 15) is 14.4 Å². The predicted molar refractivity (Wildman–Crippen MR) is 114 cm³/mol. The van der Waals surface area contributed by atoms with E-state index in [0.717, 1.165) is 15.5 Å². The zero-order valence-corrected chi connectivity index (χ0v) is 17.6. The van der Waals surface area contributed by atoms with E-state index in [2.05, 4.69) is 5.32 Å². The van der Waals surface area contributed by atoms with Crippen LogP contribution in [-0.4, -0.2) is 35.0 Å². The van der Waals surface area contributed by atoms with Crippen molar-refractivity contribution in [1.29, 1.82) is 0 Å². The van der Waals surface area contributed by atoms with Gasteiger partial charge in [0.1, 0.15) is 0 Å². The maximum Gasteiger partial charge on any atom is 0.344 e. The Morgan fingerprint density at radius 2 is 1.93 bits per heavy atom. The fourth-order valence-corrected chi connectivity index (χ4v) is 5.52. The molecule has 0 aromatic heterocycles. The zero-order valence-electron chi connectivity index (χ0n) is 16.0. The first kappa shape index (κ1) is 19.8. The Balaban J connectivity index is 1.50. The molecule has 1 saturated heterocycles. The summed E-state index contributed by atoms with van der Waals surface area (Å²) in [6.45, 7) is 1.54. The monoisotopic (exact) mass is 428 g/mol. The number of hydrogen-bond donors (Lipinski definition) is 1. The van der Waals surface area contributed by atoms with E-state index in [1.54, 1.807) is 13.0 Å². The largest absolute Gasteiger partial charge is 0.450 e. The molecule has 29 heavy (non-hydrogen) atoms. The van der Waals surface area contributed by atoms with Crippen LogP contribution in [0.4, 0.5) is 11.4 Å². The van der Waals surface area contributed by atoms with Crippen molar-refractivity contribution in [3.63, 3.8) is 0 Å². The molecule has 4 rings (SSSR count). The third-order valence-corrected chi connectivity index (χ3v) is 7.26. The number of para-hydroxylation sites is 2. The first-order chi connectivity index (χ1) is 14.0. The van der Waals surface area contributed by atoms with E-state index < -0.39 is 22.9 Å². The summed E-state index contributed by atoms with van der Waals surface area (Å²) in [6.07, 6.45) is 1.56. The zero-order chi connectivity index (χ0) is 20.6. The van der Waals surface area contributed by atoms with Crippen LogP contribution in [0.1, 0.15) is 19.8 Å². The van der Waals surface area contributed by atoms with Crippen molar-refractivity contribution >= 4 is 52.7 Å². The second-order valence-electron chi connectivity index (χ2n) is 6.82. The molecular formula is C21H20N2O4S2. The Morgan fingerprint density at radius 3 is 2.72 bits per heavy atom. The highest BCUT2D eigenvalue weighted by molar-refractivity contribution is 8.02. The summed E-state index contributed by atoms with van der Waals surface area (Å²) in [7, 11) is 0. The highest BCUT2D eigenvalue weighted by atomic mass is 32.2. The lowest BCUT2D eigenvalue weighted by atomic mass is 10.2. The van der Waals surface area contributed by atoms with E-state index in [1.165, 1.54) is 28.4 Å². The Bertz CT molecular complexity index is 996. The molecule has 1 fully saturated rings. The number of carbonyl (C=O) groups excluding carboxylic acids is 3. The van der Waals surface area contributed by atoms with Crippen molar-refractivity contribution in [1.82, 2.24) is 0 Å². The number of benzene rings is 2. The van der Waals surface area contributed by atoms with E-state index in [0.29, 0.717) is 12.1 Å². The summed E-state index contributed by atoms with van der Waals surface area (Å²) in [4.78, 5) is 40.4. The molecule has 2 aromatic rings. The summed E-state index contributed by atoms with van der Waals surface area (Å²) in [5.74, 6) is -1.08. The van der Waals surface area contributed by atoms with Gasteiger partial charge in [0.25, 0.3) is 5.91 Å². The molecule has 6 nitrogen and oxygen atoms in total. The second-order valence-corrected chi connectivity index (χ2v) is 8.99. The molecule has 1 N–H and O–H groups in total. The van der Waals surface area contributed by atoms with Crippen molar-refractivity contribution in [3.05, 3.63) is 48.5 Å². The highest BCUT2D eigenvalue weighted by Gasteiger charge is 2.58. The van der Waals surface area contributed by atoms with Crippen molar-refractivity contribution in [2.24, 2.45) is 0 Å². The van der Waals surface area contributed by atoms with Gasteiger partial charge in [0.05, 0.1) is 11.4 Å². The molecule has 2 amide bonds. The number of amides is 2. The second kappa shape index (κ2) is 7.76. The van der Waals surface area contributed by atoms with Gasteiger partial charge in [0, 0.05) is 22.6 Å². The molecule has 0 spiro atoms. The van der Waals surface area contributed by atoms with Crippen LogP contribution >= 0.6 is 23.5 Å². The van der Waals surface area contributed by atoms with Crippen LogP contribution in [0.3, 0.4) is 0 Å². The summed E-state index contributed by atoms with van der Waals surface area (Å²) < 4.78 is 5.55. The van der Waals surface area contributed by atoms with Gasteiger partial charge < -0.3 is 10.1 Å². The Morgan fingerprint density at radius 1 is 1.21 bits per heavy atom. The van der Waals surface area contributed by atoms with Crippen LogP contribution in [0.15, 0.2) is 58.3 Å². The van der Waals surface area contributed by atoms with E-state index >= 15 is 0 Å². The van der Waals surface area contributed by atoms with Crippen LogP contribution in [0.5, 0.6) is 0 Å². The quantitative estimate of drug-likeness (QED) is 0.575. The molecular weight excluding hydrogens is 408 g/mol. The predicted octanol–water partition coefficient (Wildman–Crippen LogP) is 3.91. The Hall–Kier alpha value is -2.45. The molecule has 8 heteroatoms. The number of ether oxygens (including phenoxy) is 1. The standard InChI is InChI=1S/C21H20N2O4S2/c1-13(19(25)22-14-7-3-5-9-16(14)28-2)27-20(26)21-12-11-18(24)23(21)15-8-4-6-10-17(15)29-21/h3-10,13H,11-12H2,1-2H3,(H,22,25)/t13-,21-/m1/s1. The highest BCUT2D eigenvalue weighted by Crippen LogP contribution is 2.56. The Labute approximate surface area is 177 Å². The number of thioether (sulfide) groups is 2. The summed E-state index contributed by atoms with van der Waals surface area (Å²) in [5, 5.41) is 2.82. The molecule has 2 aliphatic rings. The van der Waals surface area contributed by atoms with Crippen molar-refractivity contribution in [3.8, 4) is 0 Å². The smallest absolute Gasteiger partial charge is 0.344 e. The van der Waals surface area contributed by atoms with Crippen molar-refractivity contribution < 1.29 is 19.1 Å². The minimum Gasteiger partial charge on any atom is -0.450 e. The average molecular weight is 429 g/mol. The molecule has 2 heterocycles. The summed E-state index contributed by atoms with van der Waals surface area (Å²) >= 11 is 2.84. The molecule has 0 unspecified atom stereocenters. The molecule has 2 aliphatic heterocycles. The van der Waals surface area contributed by atoms with Gasteiger partial charge in [-0.3, -0.25) is 14.5 Å². The first-order valence-corrected chi connectivity index (χ1v) is 11.3. The Kier molecular flexibility index (Phi) is 5.31. The van der Waals surface area contributed by atoms with Gasteiger partial charge in [-0.25, -0.2) is 4.79 Å². The van der Waals surface area contributed by atoms with Crippen LogP contribution in [-0.2, 0) is 19.1 Å². The fraction of sp³-hybridized carbons (Fsp3) is 0.286. The number of carbonyl (C=O) groups is 3. The number of hydrogen-bond acceptors (Lipinski definition) is 6. The lowest BCUT2D eigenvalue weighted by Gasteiger charge is -2.29. The number of anilines is 2. The van der Waals surface area contributed by atoms with Gasteiger partial charge in [-0.05, 0) is 37.4 Å². The van der Waals surface area contributed by atoms with Gasteiger partial charge in [-0.2, -0.15) is 0 Å². The maximum atomic E-state index is 13.1. The average Bonchev–Trinajstić information content (AvgIpc) is 3.24. The number of rotatable bonds is 5. The summed E-state index contributed by atoms with van der Waals surface area (Å²) in [6, 6.07) is 14.9. The maximum absolute atomic E-state index is 13.1. The van der Waals surface area contributed by atoms with Gasteiger partial charge in [0.2, 0.25) is 5.91 Å². The van der Waals surface area contributed by atoms with E-state index in [-0.39, 0.29) is 12.3 Å². The molecule has 2 aromatic carbocycles. The first-order valence-electron chi connectivity index (χ1n) is 9.22. The molecule has 0 aliphatic carbocycles. The number of nitrogens with zero attached hydrogens (tertiary/aromatic N) is 1. The minimum atomic E-state index is -1.13. The van der Waals surface area contributed by atoms with Crippen LogP contribution < -0.4 is 10.2 Å². The van der Waals surface area contributed by atoms with Gasteiger partial charge in [0.15, 0.2) is 11.0 Å². The molecule has 150 valence electrons. The molecule has 2 atom stereocenters. The van der Waals surface area contributed by atoms with Gasteiger partial charge in [-0.15, -0.1) is 11.8 Å². The number of fused-ring (bicyclic) bond motifs is 3. The fourth-order valence-electron chi connectivity index (χ4n) is 3.56. The van der Waals surface area contributed by atoms with Crippen LogP contribution in [0, 0.1) is 0 Å². The number of nitrogens with one attached hydrogen (secondary N) is 1. The minimum absolute atomic E-state index is 0.106. The van der Waals surface area contributed by atoms with E-state index in [4.69, 9.17) is 4.74 Å². The van der Waals surface area contributed by atoms with Gasteiger partial charge >= 0.3 is 5.97 Å². The van der Waals surface area contributed by atoms with Crippen LogP contribution in [0.25, 0.3) is 0 Å². The third kappa shape index (κ3) is 3.40. The molecule has 0 radical (unpaired) electrons. The third-order valence-electron chi connectivity index (χ3n) is 5.01. The topological polar surface area (TPSA) is 75.7 Å². The normalized spacial score (nSPS) is 20.8. The van der Waals surface area contributed by atoms with E-state index in [1.807, 2.05) is 48.7 Å². The lowest BCUT2D eigenvalue weighted by molar-refractivity contribution is -0.155. The van der Waals surface area contributed by atoms with Crippen molar-refractivity contribution in [2.45, 2.75) is 40.5 Å². The molecule has 0 saturated carbocycles. The van der Waals surface area contributed by atoms with Crippen LogP contribution in [0.2, 0.25) is 0 Å². The SMILES string of the molecule is CSc1ccccc1NC(=O)[C@@H](C)OC(=O)[C@]12CCC(=O)N1c1ccccc1S2. The lowest BCUT2D eigenvalue weighted by Crippen LogP contribution is -2.49. The number of esters is 1. The molecule has 0 bridgehead atoms. The van der Waals surface area contributed by atoms with Crippen molar-refractivity contribution in [2.75, 3.05) is 16.5 Å². The summed E-state index contributed by atoms with van der Waals surface area (Å²) in [5.41, 5.74) is 1.40.